The van der Waals surface area contributed by atoms with Crippen LogP contribution in [0.4, 0.5) is 9.18 Å². The molecule has 0 spiro atoms. The van der Waals surface area contributed by atoms with Crippen molar-refractivity contribution in [3.05, 3.63) is 41.2 Å². The minimum atomic E-state index is -0.311. The van der Waals surface area contributed by atoms with E-state index in [4.69, 9.17) is 4.74 Å². The Morgan fingerprint density at radius 2 is 1.74 bits per heavy atom. The van der Waals surface area contributed by atoms with Crippen molar-refractivity contribution in [1.82, 2.24) is 9.80 Å². The Bertz CT molecular complexity index is 721. The average Bonchev–Trinajstić information content (AvgIpc) is 2.71. The van der Waals surface area contributed by atoms with Gasteiger partial charge in [0.1, 0.15) is 5.82 Å². The lowest BCUT2D eigenvalue weighted by molar-refractivity contribution is 0.0182. The molecular weight excluding hydrogens is 345 g/mol. The molecule has 0 bridgehead atoms. The predicted octanol–water partition coefficient (Wildman–Crippen LogP) is 3.82. The van der Waals surface area contributed by atoms with E-state index in [1.807, 2.05) is 16.7 Å². The van der Waals surface area contributed by atoms with E-state index in [1.54, 1.807) is 12.1 Å². The molecule has 0 unspecified atom stereocenters. The highest BCUT2D eigenvalue weighted by Crippen LogP contribution is 2.27. The summed E-state index contributed by atoms with van der Waals surface area (Å²) in [6.45, 7) is 5.42. The van der Waals surface area contributed by atoms with Crippen LogP contribution >= 0.6 is 0 Å². The molecular formula is C21H26FN3O2. The number of hydrogen-bond donors (Lipinski definition) is 0. The summed E-state index contributed by atoms with van der Waals surface area (Å²) in [5.74, 6) is -0.311. The lowest BCUT2D eigenvalue weighted by atomic mass is 9.94. The highest BCUT2D eigenvalue weighted by Gasteiger charge is 2.28. The molecule has 3 rings (SSSR count). The van der Waals surface area contributed by atoms with Gasteiger partial charge in [-0.25, -0.2) is 9.18 Å². The van der Waals surface area contributed by atoms with E-state index in [-0.39, 0.29) is 18.0 Å². The number of amides is 2. The molecule has 0 atom stereocenters. The van der Waals surface area contributed by atoms with Gasteiger partial charge in [0.15, 0.2) is 0 Å². The van der Waals surface area contributed by atoms with Gasteiger partial charge in [0, 0.05) is 32.8 Å². The van der Waals surface area contributed by atoms with E-state index in [1.165, 1.54) is 12.1 Å². The zero-order valence-corrected chi connectivity index (χ0v) is 15.8. The number of likely N-dealkylation sites (tertiary alicyclic amines) is 2. The summed E-state index contributed by atoms with van der Waals surface area (Å²) in [6.07, 6.45) is 3.41. The maximum absolute atomic E-state index is 13.1. The number of benzene rings is 1. The minimum absolute atomic E-state index is 0.0873. The maximum Gasteiger partial charge on any atom is 0.320 e. The fourth-order valence-electron chi connectivity index (χ4n) is 3.83. The monoisotopic (exact) mass is 371 g/mol. The molecule has 2 amide bonds. The van der Waals surface area contributed by atoms with Crippen LogP contribution < -0.4 is 0 Å². The number of ether oxygens (including phenoxy) is 1. The molecule has 5 nitrogen and oxygen atoms in total. The normalized spacial score (nSPS) is 18.3. The molecule has 1 aromatic carbocycles. The van der Waals surface area contributed by atoms with E-state index in [9.17, 15) is 14.4 Å². The van der Waals surface area contributed by atoms with E-state index in [0.717, 1.165) is 43.7 Å². The molecule has 2 aliphatic rings. The smallest absolute Gasteiger partial charge is 0.320 e. The van der Waals surface area contributed by atoms with Gasteiger partial charge in [0.25, 0.3) is 0 Å². The van der Waals surface area contributed by atoms with Gasteiger partial charge < -0.3 is 14.5 Å². The lowest BCUT2D eigenvalue weighted by Crippen LogP contribution is -2.49. The maximum atomic E-state index is 13.1. The summed E-state index contributed by atoms with van der Waals surface area (Å²) in [6, 6.07) is 8.37. The Hall–Kier alpha value is -2.39. The van der Waals surface area contributed by atoms with Crippen molar-refractivity contribution in [2.75, 3.05) is 32.8 Å². The van der Waals surface area contributed by atoms with E-state index in [2.05, 4.69) is 6.07 Å². The van der Waals surface area contributed by atoms with Crippen molar-refractivity contribution in [2.45, 2.75) is 38.7 Å². The van der Waals surface area contributed by atoms with Crippen LogP contribution in [0, 0.1) is 17.1 Å². The molecule has 0 aromatic heterocycles. The number of nitrogens with zero attached hydrogens (tertiary/aromatic N) is 3. The number of piperidine rings is 2. The zero-order chi connectivity index (χ0) is 19.2. The van der Waals surface area contributed by atoms with Gasteiger partial charge in [-0.15, -0.1) is 0 Å². The topological polar surface area (TPSA) is 56.6 Å². The fraction of sp³-hybridized carbons (Fsp3) is 0.524. The molecule has 0 aliphatic carbocycles. The quantitative estimate of drug-likeness (QED) is 0.759. The summed E-state index contributed by atoms with van der Waals surface area (Å²) in [4.78, 5) is 16.6. The molecule has 144 valence electrons. The second-order valence-corrected chi connectivity index (χ2v) is 7.01. The molecule has 2 saturated heterocycles. The number of urea groups is 1. The predicted molar refractivity (Wildman–Crippen MR) is 101 cm³/mol. The minimum Gasteiger partial charge on any atom is -0.378 e. The molecule has 2 heterocycles. The molecule has 0 saturated carbocycles. The number of carbonyl (C=O) groups excluding carboxylic acids is 1. The lowest BCUT2D eigenvalue weighted by Gasteiger charge is -2.37. The van der Waals surface area contributed by atoms with Crippen molar-refractivity contribution in [2.24, 2.45) is 0 Å². The third-order valence-corrected chi connectivity index (χ3v) is 5.35. The van der Waals surface area contributed by atoms with Crippen LogP contribution in [0.1, 0.15) is 38.2 Å². The molecule has 2 aliphatic heterocycles. The fourth-order valence-corrected chi connectivity index (χ4v) is 3.83. The van der Waals surface area contributed by atoms with Crippen LogP contribution in [0.5, 0.6) is 0 Å². The molecule has 2 fully saturated rings. The second-order valence-electron chi connectivity index (χ2n) is 7.01. The van der Waals surface area contributed by atoms with Gasteiger partial charge >= 0.3 is 6.03 Å². The van der Waals surface area contributed by atoms with Gasteiger partial charge in [0.05, 0.1) is 17.7 Å². The number of halogens is 1. The SMILES string of the molecule is CCOC1CCN(C(=O)N2CCC(=C(C#N)c3ccc(F)cc3)CC2)CC1. The third-order valence-electron chi connectivity index (χ3n) is 5.35. The zero-order valence-electron chi connectivity index (χ0n) is 15.8. The van der Waals surface area contributed by atoms with Crippen molar-refractivity contribution >= 4 is 11.6 Å². The van der Waals surface area contributed by atoms with Gasteiger partial charge in [-0.2, -0.15) is 5.26 Å². The summed E-state index contributed by atoms with van der Waals surface area (Å²) in [7, 11) is 0. The van der Waals surface area contributed by atoms with Crippen molar-refractivity contribution < 1.29 is 13.9 Å². The first-order chi connectivity index (χ1) is 13.1. The highest BCUT2D eigenvalue weighted by atomic mass is 19.1. The summed E-state index contributed by atoms with van der Waals surface area (Å²) < 4.78 is 18.8. The number of rotatable bonds is 3. The summed E-state index contributed by atoms with van der Waals surface area (Å²) in [5.41, 5.74) is 2.40. The standard InChI is InChI=1S/C21H26FN3O2/c1-2-27-19-9-13-25(14-10-19)21(26)24-11-7-17(8-12-24)20(15-23)16-3-5-18(22)6-4-16/h3-6,19H,2,7-14H2,1H3. The number of hydrogen-bond acceptors (Lipinski definition) is 3. The van der Waals surface area contributed by atoms with E-state index < -0.39 is 0 Å². The average molecular weight is 371 g/mol. The first kappa shape index (κ1) is 19.4. The van der Waals surface area contributed by atoms with Crippen molar-refractivity contribution in [3.8, 4) is 6.07 Å². The van der Waals surface area contributed by atoms with Gasteiger partial charge in [-0.05, 0) is 55.9 Å². The Morgan fingerprint density at radius 3 is 2.30 bits per heavy atom. The highest BCUT2D eigenvalue weighted by molar-refractivity contribution is 5.80. The van der Waals surface area contributed by atoms with Crippen molar-refractivity contribution in [3.63, 3.8) is 0 Å². The van der Waals surface area contributed by atoms with Gasteiger partial charge in [0.2, 0.25) is 0 Å². The molecule has 6 heteroatoms. The van der Waals surface area contributed by atoms with Gasteiger partial charge in [-0.1, -0.05) is 12.1 Å². The Labute approximate surface area is 160 Å². The Kier molecular flexibility index (Phi) is 6.46. The molecule has 0 N–H and O–H groups in total. The summed E-state index contributed by atoms with van der Waals surface area (Å²) in [5, 5.41) is 9.55. The largest absolute Gasteiger partial charge is 0.378 e. The van der Waals surface area contributed by atoms with Gasteiger partial charge in [-0.3, -0.25) is 0 Å². The second kappa shape index (κ2) is 9.01. The molecule has 1 aromatic rings. The van der Waals surface area contributed by atoms with Crippen LogP contribution in [0.25, 0.3) is 5.57 Å². The van der Waals surface area contributed by atoms with Crippen molar-refractivity contribution in [1.29, 1.82) is 5.26 Å². The van der Waals surface area contributed by atoms with E-state index >= 15 is 0 Å². The van der Waals surface area contributed by atoms with Crippen LogP contribution in [-0.4, -0.2) is 54.7 Å². The van der Waals surface area contributed by atoms with Crippen LogP contribution in [0.2, 0.25) is 0 Å². The molecule has 27 heavy (non-hydrogen) atoms. The third kappa shape index (κ3) is 4.67. The molecule has 0 radical (unpaired) electrons. The van der Waals surface area contributed by atoms with E-state index in [0.29, 0.717) is 31.5 Å². The number of allylic oxidation sites excluding steroid dienone is 1. The number of carbonyl (C=O) groups is 1. The first-order valence-electron chi connectivity index (χ1n) is 9.66. The summed E-state index contributed by atoms with van der Waals surface area (Å²) >= 11 is 0. The number of nitriles is 1. The van der Waals surface area contributed by atoms with Crippen LogP contribution in [0.15, 0.2) is 29.8 Å². The Balaban J connectivity index is 1.59. The first-order valence-corrected chi connectivity index (χ1v) is 9.66. The van der Waals surface area contributed by atoms with Crippen LogP contribution in [-0.2, 0) is 4.74 Å². The van der Waals surface area contributed by atoms with Crippen LogP contribution in [0.3, 0.4) is 0 Å². The Morgan fingerprint density at radius 1 is 1.15 bits per heavy atom.